The summed E-state index contributed by atoms with van der Waals surface area (Å²) in [5.74, 6) is -0.199. The Morgan fingerprint density at radius 1 is 1.19 bits per heavy atom. The van der Waals surface area contributed by atoms with Crippen molar-refractivity contribution in [3.8, 4) is 0 Å². The van der Waals surface area contributed by atoms with Crippen molar-refractivity contribution in [2.45, 2.75) is 26.3 Å². The monoisotopic (exact) mass is 226 g/mol. The third-order valence-electron chi connectivity index (χ3n) is 2.01. The maximum atomic E-state index is 12.6. The van der Waals surface area contributed by atoms with E-state index < -0.39 is 0 Å². The molecule has 16 heavy (non-hydrogen) atoms. The van der Waals surface area contributed by atoms with Crippen molar-refractivity contribution in [3.63, 3.8) is 0 Å². The summed E-state index contributed by atoms with van der Waals surface area (Å²) in [7, 11) is 3.98. The molecular weight excluding hydrogens is 203 g/mol. The number of rotatable bonds is 4. The molecule has 0 fully saturated rings. The summed E-state index contributed by atoms with van der Waals surface area (Å²) in [6, 6.07) is 6.61. The van der Waals surface area contributed by atoms with Crippen LogP contribution in [0.15, 0.2) is 24.3 Å². The van der Waals surface area contributed by atoms with Gasteiger partial charge in [0.15, 0.2) is 0 Å². The maximum absolute atomic E-state index is 12.6. The van der Waals surface area contributed by atoms with Crippen LogP contribution >= 0.6 is 0 Å². The van der Waals surface area contributed by atoms with Gasteiger partial charge >= 0.3 is 0 Å². The van der Waals surface area contributed by atoms with Crippen molar-refractivity contribution in [1.82, 2.24) is 4.90 Å². The molecule has 1 unspecified atom stereocenters. The second-order valence-electron chi connectivity index (χ2n) is 3.85. The van der Waals surface area contributed by atoms with Crippen molar-refractivity contribution >= 4 is 0 Å². The summed E-state index contributed by atoms with van der Waals surface area (Å²) < 4.78 is 12.6. The zero-order valence-electron chi connectivity index (χ0n) is 10.7. The molecule has 1 rings (SSSR count). The topological polar surface area (TPSA) is 29.3 Å². The zero-order valence-corrected chi connectivity index (χ0v) is 10.7. The van der Waals surface area contributed by atoms with Crippen LogP contribution in [0.25, 0.3) is 0 Å². The summed E-state index contributed by atoms with van der Waals surface area (Å²) >= 11 is 0. The van der Waals surface area contributed by atoms with E-state index in [0.717, 1.165) is 18.5 Å². The molecule has 0 aliphatic carbocycles. The third kappa shape index (κ3) is 6.53. The molecule has 0 saturated heterocycles. The molecule has 2 N–H and O–H groups in total. The fraction of sp³-hybridized carbons (Fsp3) is 0.538. The SMILES string of the molecule is CC.CN(C)CC(N)Cc1ccc(F)cc1. The molecule has 1 atom stereocenters. The van der Waals surface area contributed by atoms with Gasteiger partial charge in [-0.1, -0.05) is 26.0 Å². The average molecular weight is 226 g/mol. The number of likely N-dealkylation sites (N-methyl/N-ethyl adjacent to an activating group) is 1. The Kier molecular flexibility index (Phi) is 7.77. The highest BCUT2D eigenvalue weighted by atomic mass is 19.1. The fourth-order valence-corrected chi connectivity index (χ4v) is 1.46. The summed E-state index contributed by atoms with van der Waals surface area (Å²) in [6.07, 6.45) is 0.790. The lowest BCUT2D eigenvalue weighted by Crippen LogP contribution is -2.34. The van der Waals surface area contributed by atoms with E-state index in [1.807, 2.05) is 32.8 Å². The zero-order chi connectivity index (χ0) is 12.6. The molecule has 1 aromatic carbocycles. The van der Waals surface area contributed by atoms with Crippen LogP contribution in [0.5, 0.6) is 0 Å². The van der Waals surface area contributed by atoms with E-state index in [4.69, 9.17) is 5.73 Å². The molecule has 3 heteroatoms. The van der Waals surface area contributed by atoms with Gasteiger partial charge in [0.2, 0.25) is 0 Å². The summed E-state index contributed by atoms with van der Waals surface area (Å²) in [4.78, 5) is 2.05. The molecule has 0 amide bonds. The number of benzene rings is 1. The third-order valence-corrected chi connectivity index (χ3v) is 2.01. The molecule has 0 saturated carbocycles. The Hall–Kier alpha value is -0.930. The van der Waals surface area contributed by atoms with Crippen LogP contribution < -0.4 is 5.73 Å². The van der Waals surface area contributed by atoms with E-state index in [9.17, 15) is 4.39 Å². The molecule has 1 aromatic rings. The molecule has 92 valence electrons. The Morgan fingerprint density at radius 2 is 1.69 bits per heavy atom. The number of hydrogen-bond acceptors (Lipinski definition) is 2. The molecule has 0 heterocycles. The highest BCUT2D eigenvalue weighted by molar-refractivity contribution is 5.17. The van der Waals surface area contributed by atoms with Crippen LogP contribution in [0.3, 0.4) is 0 Å². The predicted octanol–water partition coefficient (Wildman–Crippen LogP) is 2.28. The van der Waals surface area contributed by atoms with Crippen LogP contribution in [0.1, 0.15) is 19.4 Å². The number of halogens is 1. The molecule has 0 aliphatic heterocycles. The van der Waals surface area contributed by atoms with E-state index in [1.54, 1.807) is 12.1 Å². The normalized spacial score (nSPS) is 11.9. The van der Waals surface area contributed by atoms with Gasteiger partial charge in [0.1, 0.15) is 5.82 Å². The highest BCUT2D eigenvalue weighted by Crippen LogP contribution is 2.05. The van der Waals surface area contributed by atoms with Crippen molar-refractivity contribution < 1.29 is 4.39 Å². The van der Waals surface area contributed by atoms with Crippen LogP contribution in [0.4, 0.5) is 4.39 Å². The Bertz CT molecular complexity index is 270. The van der Waals surface area contributed by atoms with Gasteiger partial charge < -0.3 is 10.6 Å². The maximum Gasteiger partial charge on any atom is 0.123 e. The minimum atomic E-state index is -0.199. The van der Waals surface area contributed by atoms with Crippen LogP contribution in [-0.4, -0.2) is 31.6 Å². The van der Waals surface area contributed by atoms with Gasteiger partial charge in [0, 0.05) is 12.6 Å². The minimum Gasteiger partial charge on any atom is -0.326 e. The van der Waals surface area contributed by atoms with E-state index in [-0.39, 0.29) is 11.9 Å². The average Bonchev–Trinajstić information content (AvgIpc) is 2.23. The molecule has 0 aromatic heterocycles. The first-order valence-electron chi connectivity index (χ1n) is 5.72. The van der Waals surface area contributed by atoms with E-state index >= 15 is 0 Å². The van der Waals surface area contributed by atoms with Gasteiger partial charge in [-0.2, -0.15) is 0 Å². The molecule has 0 spiro atoms. The Labute approximate surface area is 98.3 Å². The van der Waals surface area contributed by atoms with Gasteiger partial charge in [0.25, 0.3) is 0 Å². The lowest BCUT2D eigenvalue weighted by Gasteiger charge is -2.16. The van der Waals surface area contributed by atoms with Gasteiger partial charge in [0.05, 0.1) is 0 Å². The fourth-order valence-electron chi connectivity index (χ4n) is 1.46. The molecular formula is C13H23FN2. The van der Waals surface area contributed by atoms with Crippen molar-refractivity contribution in [2.75, 3.05) is 20.6 Å². The number of hydrogen-bond donors (Lipinski definition) is 1. The Morgan fingerprint density at radius 3 is 2.12 bits per heavy atom. The first kappa shape index (κ1) is 15.1. The van der Waals surface area contributed by atoms with Gasteiger partial charge in [-0.15, -0.1) is 0 Å². The number of nitrogens with zero attached hydrogens (tertiary/aromatic N) is 1. The van der Waals surface area contributed by atoms with Gasteiger partial charge in [-0.3, -0.25) is 0 Å². The van der Waals surface area contributed by atoms with Gasteiger partial charge in [-0.05, 0) is 38.2 Å². The number of nitrogens with two attached hydrogens (primary N) is 1. The summed E-state index contributed by atoms with van der Waals surface area (Å²) in [5.41, 5.74) is 6.99. The molecule has 0 aliphatic rings. The lowest BCUT2D eigenvalue weighted by molar-refractivity contribution is 0.371. The second-order valence-corrected chi connectivity index (χ2v) is 3.85. The smallest absolute Gasteiger partial charge is 0.123 e. The van der Waals surface area contributed by atoms with Gasteiger partial charge in [-0.25, -0.2) is 4.39 Å². The van der Waals surface area contributed by atoms with E-state index in [1.165, 1.54) is 12.1 Å². The Balaban J connectivity index is 0.00000106. The highest BCUT2D eigenvalue weighted by Gasteiger charge is 2.05. The molecule has 2 nitrogen and oxygen atoms in total. The minimum absolute atomic E-state index is 0.107. The molecule has 0 radical (unpaired) electrons. The van der Waals surface area contributed by atoms with Crippen LogP contribution in [0.2, 0.25) is 0 Å². The van der Waals surface area contributed by atoms with Crippen LogP contribution in [0, 0.1) is 5.82 Å². The van der Waals surface area contributed by atoms with Crippen molar-refractivity contribution in [2.24, 2.45) is 5.73 Å². The largest absolute Gasteiger partial charge is 0.326 e. The summed E-state index contributed by atoms with van der Waals surface area (Å²) in [6.45, 7) is 4.84. The quantitative estimate of drug-likeness (QED) is 0.853. The first-order chi connectivity index (χ1) is 7.58. The first-order valence-corrected chi connectivity index (χ1v) is 5.72. The standard InChI is InChI=1S/C11H17FN2.C2H6/c1-14(2)8-11(13)7-9-3-5-10(12)6-4-9;1-2/h3-6,11H,7-8,13H2,1-2H3;1-2H3. The summed E-state index contributed by atoms with van der Waals surface area (Å²) in [5, 5.41) is 0. The second kappa shape index (κ2) is 8.25. The van der Waals surface area contributed by atoms with Crippen LogP contribution in [-0.2, 0) is 6.42 Å². The lowest BCUT2D eigenvalue weighted by atomic mass is 10.1. The molecule has 0 bridgehead atoms. The predicted molar refractivity (Wildman–Crippen MR) is 68.0 cm³/mol. The van der Waals surface area contributed by atoms with Crippen molar-refractivity contribution in [3.05, 3.63) is 35.6 Å². The van der Waals surface area contributed by atoms with E-state index in [0.29, 0.717) is 0 Å². The van der Waals surface area contributed by atoms with Crippen molar-refractivity contribution in [1.29, 1.82) is 0 Å². The van der Waals surface area contributed by atoms with E-state index in [2.05, 4.69) is 0 Å².